The molecule has 0 N–H and O–H groups in total. The van der Waals surface area contributed by atoms with Gasteiger partial charge in [0.25, 0.3) is 0 Å². The van der Waals surface area contributed by atoms with Crippen molar-refractivity contribution in [3.63, 3.8) is 0 Å². The molecule has 0 aliphatic carbocycles. The zero-order valence-corrected chi connectivity index (χ0v) is 31.3. The number of aromatic nitrogens is 2. The summed E-state index contributed by atoms with van der Waals surface area (Å²) in [6.07, 6.45) is 2.36. The lowest BCUT2D eigenvalue weighted by molar-refractivity contribution is -0.693. The van der Waals surface area contributed by atoms with E-state index in [1.165, 1.54) is 78.3 Å². The molecule has 0 radical (unpaired) electrons. The molecule has 1 heterocycles. The SMILES string of the molecule is Cc1cc(C)c(C[n+]2cn(-c3c(C(c4ccccc4)c4ccccc4)cc(C)cc3C(c3ccccc3)c3ccccc3)c(C)c2C)c(C)c1.[Cl-]. The van der Waals surface area contributed by atoms with Crippen molar-refractivity contribution < 1.29 is 17.0 Å². The molecule has 0 saturated carbocycles. The van der Waals surface area contributed by atoms with Crippen LogP contribution in [0.3, 0.4) is 0 Å². The van der Waals surface area contributed by atoms with Crippen molar-refractivity contribution >= 4 is 0 Å². The van der Waals surface area contributed by atoms with Gasteiger partial charge in [0.1, 0.15) is 23.6 Å². The Morgan fingerprint density at radius 2 is 0.843 bits per heavy atom. The van der Waals surface area contributed by atoms with Crippen molar-refractivity contribution in [1.29, 1.82) is 0 Å². The molecule has 51 heavy (non-hydrogen) atoms. The number of hydrogen-bond donors (Lipinski definition) is 0. The first-order valence-electron chi connectivity index (χ1n) is 17.8. The van der Waals surface area contributed by atoms with Gasteiger partial charge in [-0.25, -0.2) is 4.57 Å². The Kier molecular flexibility index (Phi) is 10.7. The summed E-state index contributed by atoms with van der Waals surface area (Å²) in [5.41, 5.74) is 18.2. The largest absolute Gasteiger partial charge is 1.00 e. The summed E-state index contributed by atoms with van der Waals surface area (Å²) in [5.74, 6) is 0.0748. The Hall–Kier alpha value is -5.18. The first-order valence-corrected chi connectivity index (χ1v) is 17.8. The van der Waals surface area contributed by atoms with Crippen LogP contribution in [0.2, 0.25) is 0 Å². The third-order valence-electron chi connectivity index (χ3n) is 10.4. The fourth-order valence-corrected chi connectivity index (χ4v) is 7.95. The summed E-state index contributed by atoms with van der Waals surface area (Å²) in [5, 5.41) is 0. The minimum Gasteiger partial charge on any atom is -1.00 e. The molecular formula is C48H47ClN2. The normalized spacial score (nSPS) is 11.2. The Balaban J connectivity index is 0.00000448. The minimum absolute atomic E-state index is 0. The Morgan fingerprint density at radius 1 is 0.490 bits per heavy atom. The number of nitrogens with zero attached hydrogens (tertiary/aromatic N) is 2. The summed E-state index contributed by atoms with van der Waals surface area (Å²) in [6.45, 7) is 14.3. The number of halogens is 1. The van der Waals surface area contributed by atoms with E-state index in [0.717, 1.165) is 6.54 Å². The molecule has 0 saturated heterocycles. The number of aryl methyl sites for hydroxylation is 4. The number of hydrogen-bond acceptors (Lipinski definition) is 0. The summed E-state index contributed by atoms with van der Waals surface area (Å²) >= 11 is 0. The number of imidazole rings is 1. The zero-order valence-electron chi connectivity index (χ0n) is 30.6. The van der Waals surface area contributed by atoms with Gasteiger partial charge in [-0.15, -0.1) is 0 Å². The van der Waals surface area contributed by atoms with Gasteiger partial charge in [0.15, 0.2) is 0 Å². The maximum Gasteiger partial charge on any atom is 0.249 e. The molecule has 0 unspecified atom stereocenters. The molecule has 7 aromatic rings. The lowest BCUT2D eigenvalue weighted by atomic mass is 9.78. The number of rotatable bonds is 9. The second-order valence-electron chi connectivity index (χ2n) is 14.0. The molecule has 0 aliphatic heterocycles. The van der Waals surface area contributed by atoms with Crippen LogP contribution in [-0.2, 0) is 6.54 Å². The van der Waals surface area contributed by atoms with Gasteiger partial charge in [-0.3, -0.25) is 0 Å². The summed E-state index contributed by atoms with van der Waals surface area (Å²) < 4.78 is 4.95. The van der Waals surface area contributed by atoms with Gasteiger partial charge in [-0.05, 0) is 66.6 Å². The van der Waals surface area contributed by atoms with Gasteiger partial charge in [0.05, 0.1) is 0 Å². The predicted molar refractivity (Wildman–Crippen MR) is 208 cm³/mol. The summed E-state index contributed by atoms with van der Waals surface area (Å²) in [4.78, 5) is 0. The highest BCUT2D eigenvalue weighted by Gasteiger charge is 2.32. The van der Waals surface area contributed by atoms with E-state index >= 15 is 0 Å². The van der Waals surface area contributed by atoms with Crippen LogP contribution in [0.1, 0.15) is 84.4 Å². The molecule has 1 aromatic heterocycles. The van der Waals surface area contributed by atoms with Crippen LogP contribution in [0, 0.1) is 41.5 Å². The first-order chi connectivity index (χ1) is 24.3. The molecule has 0 bridgehead atoms. The van der Waals surface area contributed by atoms with Gasteiger partial charge in [-0.1, -0.05) is 157 Å². The Morgan fingerprint density at radius 3 is 1.22 bits per heavy atom. The predicted octanol–water partition coefficient (Wildman–Crippen LogP) is 8.03. The molecular weight excluding hydrogens is 640 g/mol. The van der Waals surface area contributed by atoms with E-state index in [4.69, 9.17) is 0 Å². The van der Waals surface area contributed by atoms with Crippen molar-refractivity contribution in [2.75, 3.05) is 0 Å². The monoisotopic (exact) mass is 686 g/mol. The maximum absolute atomic E-state index is 2.50. The highest BCUT2D eigenvalue weighted by atomic mass is 35.5. The standard InChI is InChI=1S/C48H47N2.ClH/c1-33-27-35(3)45(36(4)28-33)31-49-32-50(38(6)37(49)5)48-43(46(39-19-11-7-12-20-39)40-21-13-8-14-22-40)29-34(2)30-44(48)47(41-23-15-9-16-24-41)42-25-17-10-18-26-42;/h7-30,32,46-47H,31H2,1-6H3;1H/q+1;/p-1. The van der Waals surface area contributed by atoms with E-state index in [-0.39, 0.29) is 24.2 Å². The van der Waals surface area contributed by atoms with Crippen molar-refractivity contribution in [3.05, 3.63) is 225 Å². The second-order valence-corrected chi connectivity index (χ2v) is 14.0. The highest BCUT2D eigenvalue weighted by molar-refractivity contribution is 5.62. The smallest absolute Gasteiger partial charge is 0.249 e. The van der Waals surface area contributed by atoms with Gasteiger partial charge < -0.3 is 12.4 Å². The van der Waals surface area contributed by atoms with Crippen molar-refractivity contribution in [2.24, 2.45) is 0 Å². The topological polar surface area (TPSA) is 8.81 Å². The second kappa shape index (κ2) is 15.4. The number of benzene rings is 6. The molecule has 0 spiro atoms. The Bertz CT molecular complexity index is 2030. The Labute approximate surface area is 310 Å². The van der Waals surface area contributed by atoms with Gasteiger partial charge >= 0.3 is 0 Å². The lowest BCUT2D eigenvalue weighted by Crippen LogP contribution is -3.00. The summed E-state index contributed by atoms with van der Waals surface area (Å²) in [6, 6.07) is 53.6. The first kappa shape index (κ1) is 35.6. The molecule has 3 heteroatoms. The molecule has 256 valence electrons. The third-order valence-corrected chi connectivity index (χ3v) is 10.4. The fourth-order valence-electron chi connectivity index (χ4n) is 7.95. The molecule has 0 atom stereocenters. The third kappa shape index (κ3) is 7.20. The fraction of sp³-hybridized carbons (Fsp3) is 0.188. The molecule has 2 nitrogen and oxygen atoms in total. The van der Waals surface area contributed by atoms with E-state index in [1.807, 2.05) is 0 Å². The lowest BCUT2D eigenvalue weighted by Gasteiger charge is -2.27. The van der Waals surface area contributed by atoms with Crippen molar-refractivity contribution in [2.45, 2.75) is 59.9 Å². The van der Waals surface area contributed by atoms with E-state index in [2.05, 4.69) is 203 Å². The average Bonchev–Trinajstić information content (AvgIpc) is 3.40. The van der Waals surface area contributed by atoms with Crippen molar-refractivity contribution in [3.8, 4) is 5.69 Å². The maximum atomic E-state index is 2.50. The summed E-state index contributed by atoms with van der Waals surface area (Å²) in [7, 11) is 0. The van der Waals surface area contributed by atoms with Crippen molar-refractivity contribution in [1.82, 2.24) is 4.57 Å². The van der Waals surface area contributed by atoms with Gasteiger partial charge in [0.2, 0.25) is 6.33 Å². The molecule has 0 fully saturated rings. The highest BCUT2D eigenvalue weighted by Crippen LogP contribution is 2.43. The van der Waals surface area contributed by atoms with Crippen LogP contribution < -0.4 is 17.0 Å². The van der Waals surface area contributed by atoms with E-state index in [9.17, 15) is 0 Å². The van der Waals surface area contributed by atoms with Crippen LogP contribution in [0.4, 0.5) is 0 Å². The molecule has 7 rings (SSSR count). The van der Waals surface area contributed by atoms with Crippen LogP contribution in [-0.4, -0.2) is 4.57 Å². The van der Waals surface area contributed by atoms with E-state index < -0.39 is 0 Å². The van der Waals surface area contributed by atoms with Crippen LogP contribution in [0.15, 0.2) is 152 Å². The minimum atomic E-state index is 0. The molecule has 0 aliphatic rings. The van der Waals surface area contributed by atoms with Crippen LogP contribution >= 0.6 is 0 Å². The average molecular weight is 687 g/mol. The molecule has 6 aromatic carbocycles. The molecule has 0 amide bonds. The van der Waals surface area contributed by atoms with Gasteiger partial charge in [0, 0.05) is 36.8 Å². The van der Waals surface area contributed by atoms with Gasteiger partial charge in [-0.2, -0.15) is 4.57 Å². The quantitative estimate of drug-likeness (QED) is 0.107. The van der Waals surface area contributed by atoms with Crippen LogP contribution in [0.25, 0.3) is 5.69 Å². The van der Waals surface area contributed by atoms with E-state index in [0.29, 0.717) is 0 Å². The van der Waals surface area contributed by atoms with E-state index in [1.54, 1.807) is 0 Å². The van der Waals surface area contributed by atoms with Crippen LogP contribution in [0.5, 0.6) is 0 Å². The zero-order chi connectivity index (χ0) is 34.8.